The van der Waals surface area contributed by atoms with Crippen LogP contribution in [0.25, 0.3) is 44.7 Å². The fourth-order valence-corrected chi connectivity index (χ4v) is 5.82. The number of nitrogens with zero attached hydrogens (tertiary/aromatic N) is 2. The zero-order valence-corrected chi connectivity index (χ0v) is 35.2. The second kappa shape index (κ2) is 16.7. The van der Waals surface area contributed by atoms with Gasteiger partial charge in [-0.2, -0.15) is 0 Å². The Kier molecular flexibility index (Phi) is 12.5. The van der Waals surface area contributed by atoms with Gasteiger partial charge >= 0.3 is 7.12 Å². The Morgan fingerprint density at radius 1 is 0.586 bits per heavy atom. The van der Waals surface area contributed by atoms with Crippen molar-refractivity contribution >= 4 is 23.5 Å². The summed E-state index contributed by atoms with van der Waals surface area (Å²) in [4.78, 5) is 9.71. The Hall–Kier alpha value is -5.62. The number of para-hydroxylation sites is 1. The number of benzene rings is 5. The van der Waals surface area contributed by atoms with Gasteiger partial charge in [-0.1, -0.05) is 117 Å². The van der Waals surface area contributed by atoms with Crippen LogP contribution < -0.4 is 5.46 Å². The third-order valence-corrected chi connectivity index (χ3v) is 11.3. The predicted octanol–water partition coefficient (Wildman–Crippen LogP) is 9.91. The van der Waals surface area contributed by atoms with Crippen molar-refractivity contribution in [1.29, 1.82) is 0 Å². The number of hydrogen-bond donors (Lipinski definition) is 5. The summed E-state index contributed by atoms with van der Waals surface area (Å²) in [6.07, 6.45) is 0. The third kappa shape index (κ3) is 9.07. The predicted molar refractivity (Wildman–Crippen MR) is 232 cm³/mol. The standard InChI is InChI=1S/C32H29BN2O7.C8H18O.C7H8/c1-31(2)32(3,4)42-33(41-31)20-14-12-17(13-15-20)30-34-22-11-6-5-10-21(22)24(35-30)19-9-7-8-18(16-19)23-25(36)27(38)29(40)28(39)26(23)37;1-7(2,3)8(4,5)9-6;1-7-5-3-2-4-6-7/h5-16,36-40H,1-4H3;1-6H3;2-6H,1H3. The number of methoxy groups -OCH3 is 1. The molecule has 6 aromatic rings. The minimum atomic E-state index is -1.01. The molecule has 0 amide bonds. The lowest BCUT2D eigenvalue weighted by molar-refractivity contribution is -0.0620. The van der Waals surface area contributed by atoms with Crippen LogP contribution in [-0.2, 0) is 14.0 Å². The van der Waals surface area contributed by atoms with Crippen LogP contribution in [0.1, 0.15) is 67.9 Å². The summed E-state index contributed by atoms with van der Waals surface area (Å²) in [5, 5.41) is 51.7. The molecule has 0 spiro atoms. The summed E-state index contributed by atoms with van der Waals surface area (Å²) >= 11 is 0. The summed E-state index contributed by atoms with van der Waals surface area (Å²) in [5.74, 6) is -3.94. The van der Waals surface area contributed by atoms with Crippen molar-refractivity contribution in [2.24, 2.45) is 5.41 Å². The van der Waals surface area contributed by atoms with Gasteiger partial charge in [0.05, 0.1) is 33.6 Å². The molecular weight excluding hydrogens is 731 g/mol. The van der Waals surface area contributed by atoms with Crippen LogP contribution in [0.4, 0.5) is 0 Å². The summed E-state index contributed by atoms with van der Waals surface area (Å²) < 4.78 is 17.7. The number of fused-ring (bicyclic) bond motifs is 1. The lowest BCUT2D eigenvalue weighted by atomic mass is 9.79. The van der Waals surface area contributed by atoms with Gasteiger partial charge in [-0.25, -0.2) is 9.97 Å². The highest BCUT2D eigenvalue weighted by Gasteiger charge is 2.51. The molecule has 0 aliphatic carbocycles. The maximum Gasteiger partial charge on any atom is 0.494 e. The van der Waals surface area contributed by atoms with E-state index in [-0.39, 0.29) is 22.1 Å². The second-order valence-electron chi connectivity index (χ2n) is 16.9. The van der Waals surface area contributed by atoms with Crippen molar-refractivity contribution < 1.29 is 39.6 Å². The van der Waals surface area contributed by atoms with E-state index in [2.05, 4.69) is 53.7 Å². The Bertz CT molecular complexity index is 2330. The number of phenolic OH excluding ortho intramolecular Hbond substituents is 5. The average Bonchev–Trinajstić information content (AvgIpc) is 3.42. The Labute approximate surface area is 341 Å². The molecule has 0 saturated carbocycles. The van der Waals surface area contributed by atoms with Gasteiger partial charge < -0.3 is 39.6 Å². The first-order valence-electron chi connectivity index (χ1n) is 19.2. The summed E-state index contributed by atoms with van der Waals surface area (Å²) in [5.41, 5.74) is 4.27. The molecule has 1 aliphatic heterocycles. The maximum absolute atomic E-state index is 10.5. The number of hydrogen-bond acceptors (Lipinski definition) is 10. The zero-order valence-electron chi connectivity index (χ0n) is 35.2. The van der Waals surface area contributed by atoms with Crippen molar-refractivity contribution in [3.8, 4) is 62.5 Å². The van der Waals surface area contributed by atoms with E-state index in [1.54, 1.807) is 25.3 Å². The van der Waals surface area contributed by atoms with Crippen LogP contribution in [0.2, 0.25) is 0 Å². The molecule has 0 atom stereocenters. The van der Waals surface area contributed by atoms with Crippen molar-refractivity contribution in [3.05, 3.63) is 109 Å². The number of aromatic hydroxyl groups is 5. The molecule has 1 aromatic heterocycles. The Morgan fingerprint density at radius 3 is 1.60 bits per heavy atom. The van der Waals surface area contributed by atoms with Crippen molar-refractivity contribution in [1.82, 2.24) is 9.97 Å². The van der Waals surface area contributed by atoms with E-state index >= 15 is 0 Å². The smallest absolute Gasteiger partial charge is 0.494 e. The third-order valence-electron chi connectivity index (χ3n) is 11.3. The molecule has 1 fully saturated rings. The van der Waals surface area contributed by atoms with E-state index < -0.39 is 47.1 Å². The van der Waals surface area contributed by atoms with Gasteiger partial charge in [0, 0.05) is 23.6 Å². The first-order chi connectivity index (χ1) is 27.1. The van der Waals surface area contributed by atoms with Crippen molar-refractivity contribution in [2.75, 3.05) is 7.11 Å². The Balaban J connectivity index is 0.000000335. The van der Waals surface area contributed by atoms with Crippen LogP contribution in [0.3, 0.4) is 0 Å². The minimum absolute atomic E-state index is 0.0208. The molecule has 10 nitrogen and oxygen atoms in total. The molecular formula is C47H55BN2O8. The molecule has 0 bridgehead atoms. The number of ether oxygens (including phenoxy) is 1. The number of rotatable bonds is 5. The molecule has 304 valence electrons. The largest absolute Gasteiger partial charge is 0.504 e. The van der Waals surface area contributed by atoms with Crippen LogP contribution >= 0.6 is 0 Å². The van der Waals surface area contributed by atoms with E-state index in [9.17, 15) is 25.5 Å². The van der Waals surface area contributed by atoms with E-state index in [0.717, 1.165) is 16.4 Å². The van der Waals surface area contributed by atoms with Gasteiger partial charge in [-0.15, -0.1) is 0 Å². The molecule has 5 N–H and O–H groups in total. The van der Waals surface area contributed by atoms with Gasteiger partial charge in [0.1, 0.15) is 0 Å². The van der Waals surface area contributed by atoms with Gasteiger partial charge in [-0.05, 0) is 77.0 Å². The van der Waals surface area contributed by atoms with E-state index in [1.807, 2.05) is 100 Å². The fraction of sp³-hybridized carbons (Fsp3) is 0.319. The molecule has 0 radical (unpaired) electrons. The highest BCUT2D eigenvalue weighted by Crippen LogP contribution is 2.55. The van der Waals surface area contributed by atoms with Crippen molar-refractivity contribution in [2.45, 2.75) is 86.0 Å². The van der Waals surface area contributed by atoms with E-state index in [1.165, 1.54) is 5.56 Å². The molecule has 58 heavy (non-hydrogen) atoms. The van der Waals surface area contributed by atoms with E-state index in [0.29, 0.717) is 22.6 Å². The highest BCUT2D eigenvalue weighted by molar-refractivity contribution is 6.62. The summed E-state index contributed by atoms with van der Waals surface area (Å²) in [6.45, 7) is 20.9. The average molecular weight is 787 g/mol. The monoisotopic (exact) mass is 786 g/mol. The number of phenols is 5. The van der Waals surface area contributed by atoms with Crippen LogP contribution in [0.15, 0.2) is 103 Å². The lowest BCUT2D eigenvalue weighted by Crippen LogP contribution is -2.41. The lowest BCUT2D eigenvalue weighted by Gasteiger charge is -2.37. The van der Waals surface area contributed by atoms with Gasteiger partial charge in [0.15, 0.2) is 17.3 Å². The molecule has 1 saturated heterocycles. The maximum atomic E-state index is 10.5. The minimum Gasteiger partial charge on any atom is -0.504 e. The second-order valence-corrected chi connectivity index (χ2v) is 16.9. The fourth-order valence-electron chi connectivity index (χ4n) is 5.82. The molecule has 1 aliphatic rings. The summed E-state index contributed by atoms with van der Waals surface area (Å²) in [6, 6.07) is 32.3. The molecule has 0 unspecified atom stereocenters. The van der Waals surface area contributed by atoms with Crippen LogP contribution in [-0.4, -0.2) is 66.5 Å². The first kappa shape index (κ1) is 43.5. The SMILES string of the molecule is CC1(C)OB(c2ccc(-c3nc(-c4cccc(-c5c(O)c(O)c(O)c(O)c5O)c4)c4ccccc4n3)cc2)OC1(C)C.COC(C)(C)C(C)(C)C.Cc1ccccc1. The quantitative estimate of drug-likeness (QED) is 0.0648. The van der Waals surface area contributed by atoms with Gasteiger partial charge in [0.25, 0.3) is 0 Å². The molecule has 5 aromatic carbocycles. The normalized spacial score (nSPS) is 14.6. The molecule has 7 rings (SSSR count). The zero-order chi connectivity index (χ0) is 42.8. The topological polar surface area (TPSA) is 155 Å². The Morgan fingerprint density at radius 2 is 1.10 bits per heavy atom. The van der Waals surface area contributed by atoms with Crippen LogP contribution in [0, 0.1) is 12.3 Å². The molecule has 2 heterocycles. The summed E-state index contributed by atoms with van der Waals surface area (Å²) in [7, 11) is 1.26. The first-order valence-corrected chi connectivity index (χ1v) is 19.2. The van der Waals surface area contributed by atoms with Gasteiger partial charge in [0.2, 0.25) is 17.2 Å². The number of aromatic nitrogens is 2. The van der Waals surface area contributed by atoms with Gasteiger partial charge in [-0.3, -0.25) is 0 Å². The number of aryl methyl sites for hydroxylation is 1. The molecule has 11 heteroatoms. The van der Waals surface area contributed by atoms with E-state index in [4.69, 9.17) is 24.0 Å². The highest BCUT2D eigenvalue weighted by atomic mass is 16.7. The van der Waals surface area contributed by atoms with Crippen LogP contribution in [0.5, 0.6) is 28.7 Å². The van der Waals surface area contributed by atoms with Crippen molar-refractivity contribution in [3.63, 3.8) is 0 Å².